The summed E-state index contributed by atoms with van der Waals surface area (Å²) in [6.07, 6.45) is 1.81. The van der Waals surface area contributed by atoms with E-state index >= 15 is 0 Å². The van der Waals surface area contributed by atoms with E-state index in [1.54, 1.807) is 9.58 Å². The summed E-state index contributed by atoms with van der Waals surface area (Å²) in [5.74, 6) is -0.167. The summed E-state index contributed by atoms with van der Waals surface area (Å²) < 4.78 is 1.77. The van der Waals surface area contributed by atoms with E-state index in [1.165, 1.54) is 5.69 Å². The molecule has 0 atom stereocenters. The predicted molar refractivity (Wildman–Crippen MR) is 137 cm³/mol. The fourth-order valence-corrected chi connectivity index (χ4v) is 4.38. The molecule has 6 heteroatoms. The number of aromatic nitrogens is 2. The van der Waals surface area contributed by atoms with E-state index in [2.05, 4.69) is 29.4 Å². The number of hydrogen-bond acceptors (Lipinski definition) is 3. The van der Waals surface area contributed by atoms with Crippen molar-refractivity contribution in [1.82, 2.24) is 9.78 Å². The molecule has 0 bridgehead atoms. The number of aryl methyl sites for hydroxylation is 1. The minimum Gasteiger partial charge on any atom is -0.360 e. The Bertz CT molecular complexity index is 1270. The number of carbonyl (C=O) groups is 1. The Morgan fingerprint density at radius 2 is 1.59 bits per heavy atom. The first kappa shape index (κ1) is 21.9. The third kappa shape index (κ3) is 4.58. The summed E-state index contributed by atoms with van der Waals surface area (Å²) in [7, 11) is 2.24. The van der Waals surface area contributed by atoms with Gasteiger partial charge in [-0.3, -0.25) is 4.79 Å². The highest BCUT2D eigenvalue weighted by Gasteiger charge is 2.21. The van der Waals surface area contributed by atoms with Crippen LogP contribution in [-0.2, 0) is 0 Å². The molecule has 5 rings (SSSR count). The van der Waals surface area contributed by atoms with Crippen LogP contribution in [0.4, 0.5) is 11.4 Å². The number of benzene rings is 3. The molecule has 1 aromatic heterocycles. The number of piperazine rings is 1. The second-order valence-electron chi connectivity index (χ2n) is 8.94. The zero-order valence-corrected chi connectivity index (χ0v) is 19.7. The van der Waals surface area contributed by atoms with Crippen LogP contribution in [0.1, 0.15) is 15.9 Å². The Hall–Kier alpha value is -3.90. The fraction of sp³-hybridized carbons (Fsp3) is 0.214. The van der Waals surface area contributed by atoms with Gasteiger partial charge in [0.25, 0.3) is 5.91 Å². The molecule has 6 nitrogen and oxygen atoms in total. The van der Waals surface area contributed by atoms with E-state index in [9.17, 15) is 4.79 Å². The number of anilines is 2. The molecule has 0 unspecified atom stereocenters. The van der Waals surface area contributed by atoms with Gasteiger partial charge in [-0.25, -0.2) is 4.68 Å². The van der Waals surface area contributed by atoms with E-state index in [-0.39, 0.29) is 5.91 Å². The summed E-state index contributed by atoms with van der Waals surface area (Å²) in [6.45, 7) is 6.44. The normalized spacial score (nSPS) is 14.2. The molecule has 0 saturated carbocycles. The van der Waals surface area contributed by atoms with Gasteiger partial charge >= 0.3 is 0 Å². The third-order valence-electron chi connectivity index (χ3n) is 6.47. The molecule has 2 N–H and O–H groups in total. The molecule has 0 radical (unpaired) electrons. The minimum atomic E-state index is -0.167. The summed E-state index contributed by atoms with van der Waals surface area (Å²) in [5, 5.41) is 7.89. The first-order chi connectivity index (χ1) is 16.6. The van der Waals surface area contributed by atoms with Gasteiger partial charge in [-0.2, -0.15) is 5.10 Å². The molecule has 1 saturated heterocycles. The molecule has 0 aliphatic carbocycles. The van der Waals surface area contributed by atoms with Crippen LogP contribution in [0, 0.1) is 6.92 Å². The van der Waals surface area contributed by atoms with Gasteiger partial charge in [-0.15, -0.1) is 0 Å². The number of amides is 1. The standard InChI is InChI=1S/C28H29N5O/c1-21-19-24(32-17-15-31(2)16-18-32)13-14-26(21)29-28(34)25-20-33(23-11-7-4-8-12-23)30-27(25)22-9-5-3-6-10-22/h3-14,19-20H,15-18H2,1-2H3,(H,29,34)/p+1. The number of nitrogens with zero attached hydrogens (tertiary/aromatic N) is 3. The predicted octanol–water partition coefficient (Wildman–Crippen LogP) is 3.43. The van der Waals surface area contributed by atoms with E-state index in [0.29, 0.717) is 11.3 Å². The lowest BCUT2D eigenvalue weighted by atomic mass is 10.1. The van der Waals surface area contributed by atoms with Crippen molar-refractivity contribution in [2.45, 2.75) is 6.92 Å². The van der Waals surface area contributed by atoms with Gasteiger partial charge in [0.05, 0.1) is 44.5 Å². The van der Waals surface area contributed by atoms with Crippen molar-refractivity contribution >= 4 is 17.3 Å². The highest BCUT2D eigenvalue weighted by molar-refractivity contribution is 6.08. The van der Waals surface area contributed by atoms with Crippen LogP contribution in [0.5, 0.6) is 0 Å². The number of para-hydroxylation sites is 1. The molecular weight excluding hydrogens is 422 g/mol. The highest BCUT2D eigenvalue weighted by Crippen LogP contribution is 2.27. The monoisotopic (exact) mass is 452 g/mol. The Balaban J connectivity index is 1.43. The Kier molecular flexibility index (Phi) is 6.14. The van der Waals surface area contributed by atoms with E-state index < -0.39 is 0 Å². The van der Waals surface area contributed by atoms with Gasteiger partial charge in [0.15, 0.2) is 0 Å². The maximum Gasteiger partial charge on any atom is 0.259 e. The number of likely N-dealkylation sites (N-methyl/N-ethyl adjacent to an activating group) is 1. The van der Waals surface area contributed by atoms with Crippen LogP contribution < -0.4 is 15.1 Å². The molecule has 1 aliphatic rings. The largest absolute Gasteiger partial charge is 0.360 e. The lowest BCUT2D eigenvalue weighted by Gasteiger charge is -2.32. The van der Waals surface area contributed by atoms with Gasteiger partial charge in [-0.1, -0.05) is 48.5 Å². The number of carbonyl (C=O) groups excluding carboxylic acids is 1. The number of hydrogen-bond donors (Lipinski definition) is 2. The third-order valence-corrected chi connectivity index (χ3v) is 6.47. The molecule has 1 fully saturated rings. The average Bonchev–Trinajstić information content (AvgIpc) is 3.33. The first-order valence-electron chi connectivity index (χ1n) is 11.8. The van der Waals surface area contributed by atoms with Crippen LogP contribution >= 0.6 is 0 Å². The van der Waals surface area contributed by atoms with Crippen LogP contribution in [-0.4, -0.2) is 48.9 Å². The first-order valence-corrected chi connectivity index (χ1v) is 11.8. The van der Waals surface area contributed by atoms with Gasteiger partial charge < -0.3 is 15.1 Å². The SMILES string of the molecule is Cc1cc(N2CC[NH+](C)CC2)ccc1NC(=O)c1cn(-c2ccccc2)nc1-c1ccccc1. The highest BCUT2D eigenvalue weighted by atomic mass is 16.1. The molecule has 34 heavy (non-hydrogen) atoms. The Morgan fingerprint density at radius 1 is 0.912 bits per heavy atom. The number of quaternary nitrogens is 1. The lowest BCUT2D eigenvalue weighted by Crippen LogP contribution is -3.12. The average molecular weight is 453 g/mol. The van der Waals surface area contributed by atoms with Crippen LogP contribution in [0.2, 0.25) is 0 Å². The summed E-state index contributed by atoms with van der Waals surface area (Å²) in [4.78, 5) is 17.4. The smallest absolute Gasteiger partial charge is 0.259 e. The minimum absolute atomic E-state index is 0.167. The quantitative estimate of drug-likeness (QED) is 0.488. The van der Waals surface area contributed by atoms with Crippen molar-refractivity contribution in [2.75, 3.05) is 43.4 Å². The molecular formula is C28H30N5O+. The fourth-order valence-electron chi connectivity index (χ4n) is 4.38. The molecule has 1 aliphatic heterocycles. The molecule has 3 aromatic carbocycles. The number of nitrogens with one attached hydrogen (secondary N) is 2. The van der Waals surface area contributed by atoms with E-state index in [4.69, 9.17) is 5.10 Å². The molecule has 0 spiro atoms. The Morgan fingerprint density at radius 3 is 2.26 bits per heavy atom. The van der Waals surface area contributed by atoms with Crippen LogP contribution in [0.15, 0.2) is 85.1 Å². The van der Waals surface area contributed by atoms with Gasteiger partial charge in [0, 0.05) is 23.1 Å². The van der Waals surface area contributed by atoms with Crippen molar-refractivity contribution in [2.24, 2.45) is 0 Å². The Labute approximate surface area is 200 Å². The van der Waals surface area contributed by atoms with Crippen molar-refractivity contribution < 1.29 is 9.69 Å². The summed E-state index contributed by atoms with van der Waals surface area (Å²) in [5.41, 5.74) is 6.11. The van der Waals surface area contributed by atoms with Crippen LogP contribution in [0.3, 0.4) is 0 Å². The topological polar surface area (TPSA) is 54.6 Å². The van der Waals surface area contributed by atoms with Gasteiger partial charge in [-0.05, 0) is 42.8 Å². The van der Waals surface area contributed by atoms with Crippen LogP contribution in [0.25, 0.3) is 16.9 Å². The second kappa shape index (κ2) is 9.53. The summed E-state index contributed by atoms with van der Waals surface area (Å²) >= 11 is 0. The van der Waals surface area contributed by atoms with Crippen molar-refractivity contribution in [3.63, 3.8) is 0 Å². The van der Waals surface area contributed by atoms with E-state index in [1.807, 2.05) is 79.9 Å². The second-order valence-corrected chi connectivity index (χ2v) is 8.94. The van der Waals surface area contributed by atoms with E-state index in [0.717, 1.165) is 48.7 Å². The molecule has 4 aromatic rings. The zero-order chi connectivity index (χ0) is 23.5. The number of rotatable bonds is 5. The van der Waals surface area contributed by atoms with Crippen molar-refractivity contribution in [3.8, 4) is 16.9 Å². The zero-order valence-electron chi connectivity index (χ0n) is 19.7. The summed E-state index contributed by atoms with van der Waals surface area (Å²) in [6, 6.07) is 26.0. The lowest BCUT2D eigenvalue weighted by molar-refractivity contribution is -0.880. The van der Waals surface area contributed by atoms with Gasteiger partial charge in [0.1, 0.15) is 5.69 Å². The van der Waals surface area contributed by atoms with Gasteiger partial charge in [0.2, 0.25) is 0 Å². The van der Waals surface area contributed by atoms with Crippen molar-refractivity contribution in [1.29, 1.82) is 0 Å². The van der Waals surface area contributed by atoms with Crippen molar-refractivity contribution in [3.05, 3.63) is 96.2 Å². The maximum absolute atomic E-state index is 13.5. The molecule has 172 valence electrons. The maximum atomic E-state index is 13.5. The molecule has 2 heterocycles. The molecule has 1 amide bonds.